The van der Waals surface area contributed by atoms with Gasteiger partial charge in [-0.3, -0.25) is 0 Å². The van der Waals surface area contributed by atoms with Gasteiger partial charge in [0.05, 0.1) is 21.7 Å². The molecule has 0 bridgehead atoms. The van der Waals surface area contributed by atoms with Crippen molar-refractivity contribution in [2.75, 3.05) is 6.26 Å². The highest BCUT2D eigenvalue weighted by molar-refractivity contribution is 7.90. The summed E-state index contributed by atoms with van der Waals surface area (Å²) >= 11 is 0. The summed E-state index contributed by atoms with van der Waals surface area (Å²) in [6.07, 6.45) is -8.96. The van der Waals surface area contributed by atoms with Crippen LogP contribution in [0.25, 0.3) is 17.1 Å². The van der Waals surface area contributed by atoms with Gasteiger partial charge in [-0.05, 0) is 42.5 Å². The van der Waals surface area contributed by atoms with E-state index < -0.39 is 50.8 Å². The van der Waals surface area contributed by atoms with Gasteiger partial charge >= 0.3 is 12.4 Å². The Labute approximate surface area is 164 Å². The summed E-state index contributed by atoms with van der Waals surface area (Å²) in [5, 5.41) is 3.27. The highest BCUT2D eigenvalue weighted by atomic mass is 32.2. The summed E-state index contributed by atoms with van der Waals surface area (Å²) < 4.78 is 116. The van der Waals surface area contributed by atoms with Gasteiger partial charge in [-0.15, -0.1) is 5.10 Å². The molecular formula is C17H10F7N3O2S. The fourth-order valence-electron chi connectivity index (χ4n) is 2.49. The zero-order valence-corrected chi connectivity index (χ0v) is 15.6. The van der Waals surface area contributed by atoms with Crippen molar-refractivity contribution in [1.29, 1.82) is 0 Å². The van der Waals surface area contributed by atoms with Crippen LogP contribution in [0, 0.1) is 5.82 Å². The van der Waals surface area contributed by atoms with E-state index >= 15 is 0 Å². The van der Waals surface area contributed by atoms with Crippen molar-refractivity contribution in [2.45, 2.75) is 17.2 Å². The van der Waals surface area contributed by atoms with Gasteiger partial charge in [0.15, 0.2) is 15.7 Å². The molecule has 0 N–H and O–H groups in total. The standard InChI is InChI=1S/C17H10F7N3O2S/c1-30(28,29)11-5-3-10(4-6-11)27-14(25-15(26-27)17(22,23)24)12-7-2-9(8-13(12)18)16(19,20)21/h2-8H,1H3. The van der Waals surface area contributed by atoms with Gasteiger partial charge in [-0.2, -0.15) is 26.3 Å². The van der Waals surface area contributed by atoms with E-state index in [1.807, 2.05) is 0 Å². The van der Waals surface area contributed by atoms with Crippen molar-refractivity contribution < 1.29 is 39.2 Å². The highest BCUT2D eigenvalue weighted by Gasteiger charge is 2.38. The molecule has 0 radical (unpaired) electrons. The van der Waals surface area contributed by atoms with Gasteiger partial charge in [-0.25, -0.2) is 22.5 Å². The van der Waals surface area contributed by atoms with Crippen LogP contribution < -0.4 is 0 Å². The fourth-order valence-corrected chi connectivity index (χ4v) is 3.12. The number of rotatable bonds is 3. The minimum Gasteiger partial charge on any atom is -0.224 e. The lowest BCUT2D eigenvalue weighted by atomic mass is 10.1. The van der Waals surface area contributed by atoms with E-state index in [9.17, 15) is 39.2 Å². The Morgan fingerprint density at radius 2 is 1.50 bits per heavy atom. The largest absolute Gasteiger partial charge is 0.453 e. The molecule has 3 aromatic rings. The lowest BCUT2D eigenvalue weighted by molar-refractivity contribution is -0.144. The molecule has 3 rings (SSSR count). The van der Waals surface area contributed by atoms with Crippen molar-refractivity contribution >= 4 is 9.84 Å². The fraction of sp³-hybridized carbons (Fsp3) is 0.176. The Balaban J connectivity index is 2.19. The molecule has 1 heterocycles. The molecule has 5 nitrogen and oxygen atoms in total. The monoisotopic (exact) mass is 453 g/mol. The van der Waals surface area contributed by atoms with Crippen molar-refractivity contribution in [1.82, 2.24) is 14.8 Å². The second-order valence-electron chi connectivity index (χ2n) is 6.13. The van der Waals surface area contributed by atoms with Gasteiger partial charge in [0.1, 0.15) is 5.82 Å². The Kier molecular flexibility index (Phi) is 5.13. The van der Waals surface area contributed by atoms with Gasteiger partial charge in [0.2, 0.25) is 0 Å². The summed E-state index contributed by atoms with van der Waals surface area (Å²) in [6.45, 7) is 0. The van der Waals surface area contributed by atoms with E-state index in [0.717, 1.165) is 30.5 Å². The molecule has 0 amide bonds. The first-order chi connectivity index (χ1) is 13.7. The van der Waals surface area contributed by atoms with Crippen LogP contribution in [0.5, 0.6) is 0 Å². The molecule has 0 atom stereocenters. The van der Waals surface area contributed by atoms with Crippen LogP contribution in [0.2, 0.25) is 0 Å². The molecule has 2 aromatic carbocycles. The molecule has 0 spiro atoms. The molecule has 0 saturated carbocycles. The molecule has 0 aliphatic carbocycles. The molecular weight excluding hydrogens is 443 g/mol. The minimum atomic E-state index is -5.02. The number of hydrogen-bond acceptors (Lipinski definition) is 4. The Hall–Kier alpha value is -2.96. The minimum absolute atomic E-state index is 0.111. The first-order valence-corrected chi connectivity index (χ1v) is 9.79. The number of hydrogen-bond donors (Lipinski definition) is 0. The molecule has 0 saturated heterocycles. The Morgan fingerprint density at radius 3 is 1.97 bits per heavy atom. The summed E-state index contributed by atoms with van der Waals surface area (Å²) in [6, 6.07) is 5.67. The van der Waals surface area contributed by atoms with Crippen LogP contribution in [-0.2, 0) is 22.2 Å². The topological polar surface area (TPSA) is 64.8 Å². The van der Waals surface area contributed by atoms with Gasteiger partial charge in [-0.1, -0.05) is 0 Å². The summed E-state index contributed by atoms with van der Waals surface area (Å²) in [4.78, 5) is 3.10. The van der Waals surface area contributed by atoms with Gasteiger partial charge < -0.3 is 0 Å². The maximum absolute atomic E-state index is 14.3. The molecule has 160 valence electrons. The predicted molar refractivity (Wildman–Crippen MR) is 89.9 cm³/mol. The van der Waals surface area contributed by atoms with Gasteiger partial charge in [0.25, 0.3) is 5.82 Å². The van der Waals surface area contributed by atoms with E-state index in [2.05, 4.69) is 10.1 Å². The third-order valence-electron chi connectivity index (χ3n) is 3.91. The van der Waals surface area contributed by atoms with Crippen LogP contribution in [0.1, 0.15) is 11.4 Å². The molecule has 0 aliphatic heterocycles. The number of sulfone groups is 1. The molecule has 30 heavy (non-hydrogen) atoms. The lowest BCUT2D eigenvalue weighted by Gasteiger charge is -2.10. The Morgan fingerprint density at radius 1 is 0.900 bits per heavy atom. The van der Waals surface area contributed by atoms with E-state index in [-0.39, 0.29) is 16.6 Å². The third kappa shape index (κ3) is 4.30. The number of nitrogens with zero attached hydrogens (tertiary/aromatic N) is 3. The number of halogens is 7. The summed E-state index contributed by atoms with van der Waals surface area (Å²) in [5.41, 5.74) is -2.10. The van der Waals surface area contributed by atoms with Crippen molar-refractivity contribution in [3.8, 4) is 17.1 Å². The van der Waals surface area contributed by atoms with Crippen molar-refractivity contribution in [2.24, 2.45) is 0 Å². The summed E-state index contributed by atoms with van der Waals surface area (Å²) in [7, 11) is -3.60. The second-order valence-corrected chi connectivity index (χ2v) is 8.14. The van der Waals surface area contributed by atoms with E-state index in [4.69, 9.17) is 0 Å². The SMILES string of the molecule is CS(=O)(=O)c1ccc(-n2nc(C(F)(F)F)nc2-c2ccc(C(F)(F)F)cc2F)cc1. The van der Waals surface area contributed by atoms with E-state index in [0.29, 0.717) is 16.8 Å². The molecule has 13 heteroatoms. The van der Waals surface area contributed by atoms with E-state index in [1.165, 1.54) is 0 Å². The van der Waals surface area contributed by atoms with Crippen LogP contribution >= 0.6 is 0 Å². The average Bonchev–Trinajstić information content (AvgIpc) is 3.05. The van der Waals surface area contributed by atoms with Crippen LogP contribution in [-0.4, -0.2) is 29.4 Å². The third-order valence-corrected chi connectivity index (χ3v) is 5.04. The molecule has 0 aliphatic rings. The molecule has 0 unspecified atom stereocenters. The highest BCUT2D eigenvalue weighted by Crippen LogP contribution is 2.35. The number of benzene rings is 2. The predicted octanol–water partition coefficient (Wildman–Crippen LogP) is 4.51. The number of aromatic nitrogens is 3. The maximum atomic E-state index is 14.3. The van der Waals surface area contributed by atoms with Crippen molar-refractivity contribution in [3.63, 3.8) is 0 Å². The van der Waals surface area contributed by atoms with E-state index in [1.54, 1.807) is 0 Å². The average molecular weight is 453 g/mol. The zero-order chi connectivity index (χ0) is 22.5. The van der Waals surface area contributed by atoms with Crippen LogP contribution in [0.3, 0.4) is 0 Å². The normalized spacial score (nSPS) is 12.9. The summed E-state index contributed by atoms with van der Waals surface area (Å²) in [5.74, 6) is -3.82. The first-order valence-electron chi connectivity index (χ1n) is 7.90. The van der Waals surface area contributed by atoms with Crippen molar-refractivity contribution in [3.05, 3.63) is 59.7 Å². The smallest absolute Gasteiger partial charge is 0.224 e. The first kappa shape index (κ1) is 21.7. The molecule has 0 fully saturated rings. The second kappa shape index (κ2) is 7.07. The number of alkyl halides is 6. The molecule has 1 aromatic heterocycles. The van der Waals surface area contributed by atoms with Crippen LogP contribution in [0.15, 0.2) is 47.4 Å². The quantitative estimate of drug-likeness (QED) is 0.548. The van der Waals surface area contributed by atoms with Crippen LogP contribution in [0.4, 0.5) is 30.7 Å². The maximum Gasteiger partial charge on any atom is 0.453 e. The van der Waals surface area contributed by atoms with Gasteiger partial charge in [0, 0.05) is 6.26 Å². The Bertz CT molecular complexity index is 1200. The lowest BCUT2D eigenvalue weighted by Crippen LogP contribution is -2.08. The zero-order valence-electron chi connectivity index (χ0n) is 14.8.